The molecule has 2 aromatic rings. The van der Waals surface area contributed by atoms with E-state index in [1.807, 2.05) is 30.3 Å². The highest BCUT2D eigenvalue weighted by Crippen LogP contribution is 2.38. The van der Waals surface area contributed by atoms with Gasteiger partial charge in [0.1, 0.15) is 11.8 Å². The number of benzene rings is 2. The number of rotatable bonds is 7. The lowest BCUT2D eigenvalue weighted by Crippen LogP contribution is -2.54. The number of methoxy groups -OCH3 is 1. The first-order valence-electron chi connectivity index (χ1n) is 13.2. The summed E-state index contributed by atoms with van der Waals surface area (Å²) in [5, 5.41) is 5.30. The van der Waals surface area contributed by atoms with Gasteiger partial charge in [-0.15, -0.1) is 0 Å². The SMILES string of the molecule is COc1cccc(CC(=O)NCC2(C)CCN(c3cccc4c3C(=O)N(C3CCC(=O)NC3=O)C4=O)CC2)c1. The van der Waals surface area contributed by atoms with Crippen molar-refractivity contribution >= 4 is 35.2 Å². The molecule has 3 heterocycles. The van der Waals surface area contributed by atoms with Crippen LogP contribution in [0.3, 0.4) is 0 Å². The van der Waals surface area contributed by atoms with Crippen LogP contribution in [-0.4, -0.2) is 67.2 Å². The van der Waals surface area contributed by atoms with Crippen molar-refractivity contribution in [3.63, 3.8) is 0 Å². The molecule has 2 aromatic carbocycles. The van der Waals surface area contributed by atoms with E-state index in [9.17, 15) is 24.0 Å². The molecule has 10 nitrogen and oxygen atoms in total. The van der Waals surface area contributed by atoms with Gasteiger partial charge >= 0.3 is 0 Å². The predicted molar refractivity (Wildman–Crippen MR) is 142 cm³/mol. The van der Waals surface area contributed by atoms with E-state index in [0.29, 0.717) is 36.6 Å². The minimum Gasteiger partial charge on any atom is -0.497 e. The number of carbonyl (C=O) groups excluding carboxylic acids is 5. The van der Waals surface area contributed by atoms with Gasteiger partial charge < -0.3 is 15.0 Å². The topological polar surface area (TPSA) is 125 Å². The number of imide groups is 2. The third-order valence-corrected chi connectivity index (χ3v) is 7.97. The van der Waals surface area contributed by atoms with Crippen LogP contribution < -0.4 is 20.3 Å². The van der Waals surface area contributed by atoms with Gasteiger partial charge in [-0.3, -0.25) is 34.2 Å². The minimum absolute atomic E-state index is 0.0505. The number of hydrogen-bond donors (Lipinski definition) is 2. The summed E-state index contributed by atoms with van der Waals surface area (Å²) in [6.07, 6.45) is 2.05. The third-order valence-electron chi connectivity index (χ3n) is 7.97. The average Bonchev–Trinajstić information content (AvgIpc) is 3.18. The number of nitrogens with zero attached hydrogens (tertiary/aromatic N) is 2. The molecule has 0 bridgehead atoms. The molecule has 10 heteroatoms. The summed E-state index contributed by atoms with van der Waals surface area (Å²) in [5.41, 5.74) is 2.03. The van der Waals surface area contributed by atoms with Crippen molar-refractivity contribution in [2.75, 3.05) is 31.6 Å². The number of nitrogens with one attached hydrogen (secondary N) is 2. The van der Waals surface area contributed by atoms with Crippen molar-refractivity contribution in [3.8, 4) is 5.75 Å². The van der Waals surface area contributed by atoms with Gasteiger partial charge in [0.25, 0.3) is 11.8 Å². The summed E-state index contributed by atoms with van der Waals surface area (Å²) in [7, 11) is 1.60. The molecule has 0 saturated carbocycles. The smallest absolute Gasteiger partial charge is 0.264 e. The first kappa shape index (κ1) is 26.4. The van der Waals surface area contributed by atoms with E-state index >= 15 is 0 Å². The Bertz CT molecular complexity index is 1350. The highest BCUT2D eigenvalue weighted by molar-refractivity contribution is 6.25. The van der Waals surface area contributed by atoms with Gasteiger partial charge in [-0.05, 0) is 54.5 Å². The van der Waals surface area contributed by atoms with Gasteiger partial charge in [0.15, 0.2) is 0 Å². The van der Waals surface area contributed by atoms with E-state index in [2.05, 4.69) is 22.5 Å². The number of carbonyl (C=O) groups is 5. The molecule has 2 saturated heterocycles. The zero-order valence-electron chi connectivity index (χ0n) is 22.1. The van der Waals surface area contributed by atoms with Gasteiger partial charge in [0.2, 0.25) is 17.7 Å². The largest absolute Gasteiger partial charge is 0.497 e. The standard InChI is InChI=1S/C29H32N4O6/c1-29(17-30-24(35)16-18-5-3-6-19(15-18)39-2)11-13-32(14-12-29)21-8-4-7-20-25(21)28(38)33(27(20)37)22-9-10-23(34)31-26(22)36/h3-8,15,22H,9-14,16-17H2,1-2H3,(H,30,35)(H,31,34,36). The van der Waals surface area contributed by atoms with Crippen LogP contribution in [0.25, 0.3) is 0 Å². The first-order chi connectivity index (χ1) is 18.7. The Hall–Kier alpha value is -4.21. The van der Waals surface area contributed by atoms with E-state index in [0.717, 1.165) is 23.3 Å². The van der Waals surface area contributed by atoms with Crippen LogP contribution in [0, 0.1) is 5.41 Å². The van der Waals surface area contributed by atoms with E-state index < -0.39 is 29.7 Å². The second-order valence-corrected chi connectivity index (χ2v) is 10.7. The quantitative estimate of drug-likeness (QED) is 0.523. The maximum atomic E-state index is 13.5. The lowest BCUT2D eigenvalue weighted by atomic mass is 9.80. The number of amides is 5. The average molecular weight is 533 g/mol. The monoisotopic (exact) mass is 532 g/mol. The fraction of sp³-hybridized carbons (Fsp3) is 0.414. The maximum Gasteiger partial charge on any atom is 0.264 e. The van der Waals surface area contributed by atoms with Crippen LogP contribution in [-0.2, 0) is 20.8 Å². The number of fused-ring (bicyclic) bond motifs is 1. The van der Waals surface area contributed by atoms with E-state index in [-0.39, 0.29) is 36.1 Å². The van der Waals surface area contributed by atoms with Gasteiger partial charge in [0, 0.05) is 26.1 Å². The van der Waals surface area contributed by atoms with Crippen LogP contribution in [0.1, 0.15) is 58.9 Å². The van der Waals surface area contributed by atoms with Gasteiger partial charge in [0.05, 0.1) is 30.3 Å². The molecule has 2 N–H and O–H groups in total. The van der Waals surface area contributed by atoms with E-state index in [1.54, 1.807) is 19.2 Å². The van der Waals surface area contributed by atoms with Crippen LogP contribution >= 0.6 is 0 Å². The molecule has 0 radical (unpaired) electrons. The van der Waals surface area contributed by atoms with Crippen molar-refractivity contribution in [2.45, 2.75) is 45.1 Å². The predicted octanol–water partition coefficient (Wildman–Crippen LogP) is 2.06. The molecule has 5 rings (SSSR count). The molecule has 1 atom stereocenters. The first-order valence-corrected chi connectivity index (χ1v) is 13.2. The lowest BCUT2D eigenvalue weighted by Gasteiger charge is -2.41. The molecule has 1 unspecified atom stereocenters. The molecule has 0 aliphatic carbocycles. The Morgan fingerprint density at radius 1 is 1.08 bits per heavy atom. The van der Waals surface area contributed by atoms with Gasteiger partial charge in [-0.1, -0.05) is 25.1 Å². The summed E-state index contributed by atoms with van der Waals surface area (Å²) < 4.78 is 5.23. The number of ether oxygens (including phenoxy) is 1. The Balaban J connectivity index is 1.22. The third kappa shape index (κ3) is 5.23. The number of hydrogen-bond acceptors (Lipinski definition) is 7. The maximum absolute atomic E-state index is 13.5. The van der Waals surface area contributed by atoms with E-state index in [1.165, 1.54) is 0 Å². The molecule has 2 fully saturated rings. The van der Waals surface area contributed by atoms with Crippen LogP contribution in [0.15, 0.2) is 42.5 Å². The molecular weight excluding hydrogens is 500 g/mol. The fourth-order valence-corrected chi connectivity index (χ4v) is 5.57. The van der Waals surface area contributed by atoms with E-state index in [4.69, 9.17) is 4.74 Å². The Morgan fingerprint density at radius 2 is 1.82 bits per heavy atom. The summed E-state index contributed by atoms with van der Waals surface area (Å²) in [4.78, 5) is 66.3. The summed E-state index contributed by atoms with van der Waals surface area (Å²) >= 11 is 0. The Labute approximate surface area is 226 Å². The molecule has 5 amide bonds. The van der Waals surface area contributed by atoms with Crippen molar-refractivity contribution in [1.29, 1.82) is 0 Å². The van der Waals surface area contributed by atoms with Gasteiger partial charge in [-0.25, -0.2) is 0 Å². The van der Waals surface area contributed by atoms with Crippen molar-refractivity contribution in [1.82, 2.24) is 15.5 Å². The van der Waals surface area contributed by atoms with Crippen LogP contribution in [0.4, 0.5) is 5.69 Å². The molecule has 39 heavy (non-hydrogen) atoms. The minimum atomic E-state index is -0.992. The normalized spacial score (nSPS) is 20.5. The highest BCUT2D eigenvalue weighted by atomic mass is 16.5. The zero-order valence-corrected chi connectivity index (χ0v) is 22.1. The summed E-state index contributed by atoms with van der Waals surface area (Å²) in [5.74, 6) is -1.37. The van der Waals surface area contributed by atoms with Crippen LogP contribution in [0.5, 0.6) is 5.75 Å². The molecular formula is C29H32N4O6. The van der Waals surface area contributed by atoms with Crippen molar-refractivity contribution in [2.24, 2.45) is 5.41 Å². The molecule has 3 aliphatic heterocycles. The number of piperidine rings is 2. The lowest BCUT2D eigenvalue weighted by molar-refractivity contribution is -0.136. The zero-order chi connectivity index (χ0) is 27.7. The Morgan fingerprint density at radius 3 is 2.54 bits per heavy atom. The number of anilines is 1. The van der Waals surface area contributed by atoms with Gasteiger partial charge in [-0.2, -0.15) is 0 Å². The fourth-order valence-electron chi connectivity index (χ4n) is 5.57. The molecule has 204 valence electrons. The molecule has 0 spiro atoms. The second-order valence-electron chi connectivity index (χ2n) is 10.7. The highest BCUT2D eigenvalue weighted by Gasteiger charge is 2.46. The summed E-state index contributed by atoms with van der Waals surface area (Å²) in [6.45, 7) is 3.99. The van der Waals surface area contributed by atoms with Crippen molar-refractivity contribution in [3.05, 3.63) is 59.2 Å². The van der Waals surface area contributed by atoms with Crippen LogP contribution in [0.2, 0.25) is 0 Å². The molecule has 0 aromatic heterocycles. The summed E-state index contributed by atoms with van der Waals surface area (Å²) in [6, 6.07) is 11.6. The molecule has 3 aliphatic rings. The van der Waals surface area contributed by atoms with Crippen molar-refractivity contribution < 1.29 is 28.7 Å². The second kappa shape index (κ2) is 10.5. The Kier molecular flexibility index (Phi) is 7.12.